The summed E-state index contributed by atoms with van der Waals surface area (Å²) in [6.07, 6.45) is -0.214. The van der Waals surface area contributed by atoms with Crippen molar-refractivity contribution in [3.8, 4) is 23.0 Å². The standard InChI is InChI=1S/C22H20ClN3O6/c1-28-18-8-15(19(29-2)7-14(18)23)24-22(27)16-6-13-10-30-21(9-26(13)25-16)12-3-4-17-20(5-12)32-11-31-17/h3-8,21H,9-11H2,1-2H3,(H,24,27). The second kappa shape index (κ2) is 8.25. The molecule has 9 nitrogen and oxygen atoms in total. The van der Waals surface area contributed by atoms with Crippen molar-refractivity contribution in [1.29, 1.82) is 0 Å². The number of ether oxygens (including phenoxy) is 5. The Morgan fingerprint density at radius 1 is 1.12 bits per heavy atom. The van der Waals surface area contributed by atoms with E-state index in [1.54, 1.807) is 22.9 Å². The van der Waals surface area contributed by atoms with Gasteiger partial charge in [-0.1, -0.05) is 17.7 Å². The Labute approximate surface area is 188 Å². The van der Waals surface area contributed by atoms with Gasteiger partial charge in [0.05, 0.1) is 43.8 Å². The lowest BCUT2D eigenvalue weighted by molar-refractivity contribution is -0.00127. The Kier molecular flexibility index (Phi) is 5.28. The van der Waals surface area contributed by atoms with Crippen molar-refractivity contribution in [1.82, 2.24) is 9.78 Å². The van der Waals surface area contributed by atoms with Crippen LogP contribution in [0.25, 0.3) is 0 Å². The number of nitrogens with zero attached hydrogens (tertiary/aromatic N) is 2. The molecule has 3 aromatic rings. The van der Waals surface area contributed by atoms with Crippen LogP contribution in [0.5, 0.6) is 23.0 Å². The predicted octanol–water partition coefficient (Wildman–Crippen LogP) is 3.81. The van der Waals surface area contributed by atoms with E-state index in [0.717, 1.165) is 17.0 Å². The highest BCUT2D eigenvalue weighted by Crippen LogP contribution is 2.37. The Morgan fingerprint density at radius 2 is 1.94 bits per heavy atom. The van der Waals surface area contributed by atoms with E-state index in [0.29, 0.717) is 41.1 Å². The molecule has 2 aliphatic rings. The molecule has 0 saturated heterocycles. The first-order valence-electron chi connectivity index (χ1n) is 9.86. The highest BCUT2D eigenvalue weighted by molar-refractivity contribution is 6.32. The van der Waals surface area contributed by atoms with Crippen LogP contribution in [0.2, 0.25) is 5.02 Å². The summed E-state index contributed by atoms with van der Waals surface area (Å²) in [6.45, 7) is 1.02. The van der Waals surface area contributed by atoms with Crippen LogP contribution in [0.4, 0.5) is 5.69 Å². The molecule has 32 heavy (non-hydrogen) atoms. The van der Waals surface area contributed by atoms with Crippen LogP contribution in [0, 0.1) is 0 Å². The molecule has 2 aliphatic heterocycles. The fraction of sp³-hybridized carbons (Fsp3) is 0.273. The Balaban J connectivity index is 1.34. The number of nitrogens with one attached hydrogen (secondary N) is 1. The second-order valence-corrected chi connectivity index (χ2v) is 7.66. The van der Waals surface area contributed by atoms with Crippen molar-refractivity contribution in [3.63, 3.8) is 0 Å². The monoisotopic (exact) mass is 457 g/mol. The van der Waals surface area contributed by atoms with Gasteiger partial charge in [0, 0.05) is 12.1 Å². The van der Waals surface area contributed by atoms with Crippen LogP contribution >= 0.6 is 11.6 Å². The Hall–Kier alpha value is -3.43. The summed E-state index contributed by atoms with van der Waals surface area (Å²) >= 11 is 6.14. The lowest BCUT2D eigenvalue weighted by Gasteiger charge is -2.24. The number of anilines is 1. The largest absolute Gasteiger partial charge is 0.495 e. The normalized spacial score (nSPS) is 16.4. The summed E-state index contributed by atoms with van der Waals surface area (Å²) in [5.74, 6) is 1.88. The van der Waals surface area contributed by atoms with E-state index in [9.17, 15) is 4.79 Å². The van der Waals surface area contributed by atoms with Crippen molar-refractivity contribution < 1.29 is 28.5 Å². The van der Waals surface area contributed by atoms with Gasteiger partial charge in [0.1, 0.15) is 17.6 Å². The summed E-state index contributed by atoms with van der Waals surface area (Å²) in [6, 6.07) is 10.6. The van der Waals surface area contributed by atoms with E-state index in [2.05, 4.69) is 10.4 Å². The number of methoxy groups -OCH3 is 2. The van der Waals surface area contributed by atoms with Gasteiger partial charge in [-0.2, -0.15) is 5.10 Å². The van der Waals surface area contributed by atoms with E-state index in [4.69, 9.17) is 35.3 Å². The minimum Gasteiger partial charge on any atom is -0.495 e. The molecule has 0 spiro atoms. The smallest absolute Gasteiger partial charge is 0.276 e. The molecule has 1 atom stereocenters. The van der Waals surface area contributed by atoms with Crippen LogP contribution in [0.1, 0.15) is 27.8 Å². The van der Waals surface area contributed by atoms with E-state index in [1.165, 1.54) is 14.2 Å². The zero-order chi connectivity index (χ0) is 22.2. The third-order valence-corrected chi connectivity index (χ3v) is 5.65. The molecule has 0 fully saturated rings. The molecule has 3 heterocycles. The molecule has 2 aromatic carbocycles. The maximum absolute atomic E-state index is 12.9. The van der Waals surface area contributed by atoms with Gasteiger partial charge < -0.3 is 29.0 Å². The molecule has 5 rings (SSSR count). The van der Waals surface area contributed by atoms with Crippen molar-refractivity contribution in [2.45, 2.75) is 19.3 Å². The summed E-state index contributed by atoms with van der Waals surface area (Å²) in [7, 11) is 3.00. The van der Waals surface area contributed by atoms with Gasteiger partial charge in [-0.05, 0) is 23.8 Å². The zero-order valence-corrected chi connectivity index (χ0v) is 18.1. The van der Waals surface area contributed by atoms with Gasteiger partial charge in [0.25, 0.3) is 5.91 Å². The SMILES string of the molecule is COc1cc(NC(=O)c2cc3n(n2)CC(c2ccc4c(c2)OCO4)OC3)c(OC)cc1Cl. The van der Waals surface area contributed by atoms with Crippen LogP contribution in [0.3, 0.4) is 0 Å². The third-order valence-electron chi connectivity index (χ3n) is 5.36. The minimum absolute atomic E-state index is 0.214. The molecule has 1 N–H and O–H groups in total. The molecule has 166 valence electrons. The fourth-order valence-electron chi connectivity index (χ4n) is 3.70. The minimum atomic E-state index is -0.380. The molecule has 0 saturated carbocycles. The predicted molar refractivity (Wildman–Crippen MR) is 115 cm³/mol. The van der Waals surface area contributed by atoms with Gasteiger partial charge in [0.2, 0.25) is 6.79 Å². The average Bonchev–Trinajstić information content (AvgIpc) is 3.45. The Morgan fingerprint density at radius 3 is 2.75 bits per heavy atom. The first-order valence-corrected chi connectivity index (χ1v) is 10.2. The van der Waals surface area contributed by atoms with Crippen LogP contribution in [-0.4, -0.2) is 36.7 Å². The molecule has 1 amide bonds. The molecule has 0 bridgehead atoms. The quantitative estimate of drug-likeness (QED) is 0.622. The number of amides is 1. The number of fused-ring (bicyclic) bond motifs is 2. The lowest BCUT2D eigenvalue weighted by atomic mass is 10.1. The van der Waals surface area contributed by atoms with Crippen molar-refractivity contribution in [3.05, 3.63) is 58.4 Å². The number of hydrogen-bond donors (Lipinski definition) is 1. The summed E-state index contributed by atoms with van der Waals surface area (Å²) in [4.78, 5) is 12.9. The average molecular weight is 458 g/mol. The maximum Gasteiger partial charge on any atom is 0.276 e. The molecule has 1 unspecified atom stereocenters. The van der Waals surface area contributed by atoms with E-state index in [1.807, 2.05) is 18.2 Å². The van der Waals surface area contributed by atoms with E-state index >= 15 is 0 Å². The highest BCUT2D eigenvalue weighted by atomic mass is 35.5. The first kappa shape index (κ1) is 20.5. The maximum atomic E-state index is 12.9. The van der Waals surface area contributed by atoms with Gasteiger partial charge in [-0.15, -0.1) is 0 Å². The molecule has 0 radical (unpaired) electrons. The van der Waals surface area contributed by atoms with Crippen molar-refractivity contribution in [2.75, 3.05) is 26.3 Å². The molecule has 0 aliphatic carbocycles. The van der Waals surface area contributed by atoms with Crippen LogP contribution in [-0.2, 0) is 17.9 Å². The summed E-state index contributed by atoms with van der Waals surface area (Å²) in [5.41, 5.74) is 2.47. The number of aromatic nitrogens is 2. The summed E-state index contributed by atoms with van der Waals surface area (Å²) < 4.78 is 29.2. The van der Waals surface area contributed by atoms with Gasteiger partial charge in [0.15, 0.2) is 17.2 Å². The van der Waals surface area contributed by atoms with Crippen LogP contribution < -0.4 is 24.3 Å². The number of rotatable bonds is 5. The lowest BCUT2D eigenvalue weighted by Crippen LogP contribution is -2.22. The first-order chi connectivity index (χ1) is 15.6. The van der Waals surface area contributed by atoms with Crippen molar-refractivity contribution in [2.24, 2.45) is 0 Å². The summed E-state index contributed by atoms with van der Waals surface area (Å²) in [5, 5.41) is 7.67. The molecule has 10 heteroatoms. The van der Waals surface area contributed by atoms with Gasteiger partial charge in [-0.25, -0.2) is 0 Å². The number of hydrogen-bond acceptors (Lipinski definition) is 7. The molecular weight excluding hydrogens is 438 g/mol. The van der Waals surface area contributed by atoms with E-state index in [-0.39, 0.29) is 24.5 Å². The highest BCUT2D eigenvalue weighted by Gasteiger charge is 2.26. The topological polar surface area (TPSA) is 93.1 Å². The van der Waals surface area contributed by atoms with Crippen LogP contribution in [0.15, 0.2) is 36.4 Å². The number of halogens is 1. The molecule has 1 aromatic heterocycles. The van der Waals surface area contributed by atoms with Crippen molar-refractivity contribution >= 4 is 23.2 Å². The second-order valence-electron chi connectivity index (χ2n) is 7.26. The Bertz CT molecular complexity index is 1190. The van der Waals surface area contributed by atoms with Gasteiger partial charge >= 0.3 is 0 Å². The third kappa shape index (κ3) is 3.69. The van der Waals surface area contributed by atoms with E-state index < -0.39 is 0 Å². The molecular formula is C22H20ClN3O6. The van der Waals surface area contributed by atoms with Gasteiger partial charge in [-0.3, -0.25) is 9.48 Å². The number of carbonyl (C=O) groups is 1. The number of carbonyl (C=O) groups excluding carboxylic acids is 1. The fourth-order valence-corrected chi connectivity index (χ4v) is 3.93. The zero-order valence-electron chi connectivity index (χ0n) is 17.4. The number of benzene rings is 2.